The van der Waals surface area contributed by atoms with Crippen molar-refractivity contribution in [3.63, 3.8) is 0 Å². The normalized spacial score (nSPS) is 13.5. The lowest BCUT2D eigenvalue weighted by molar-refractivity contribution is -0.120. The number of nitrogens with zero attached hydrogens (tertiary/aromatic N) is 1. The number of sulfonamides is 1. The van der Waals surface area contributed by atoms with E-state index in [4.69, 9.17) is 14.2 Å². The van der Waals surface area contributed by atoms with Crippen LogP contribution in [-0.2, 0) is 14.8 Å². The van der Waals surface area contributed by atoms with Gasteiger partial charge in [0, 0.05) is 4.90 Å². The van der Waals surface area contributed by atoms with Gasteiger partial charge in [0.25, 0.3) is 10.0 Å². The van der Waals surface area contributed by atoms with Crippen LogP contribution in [-0.4, -0.2) is 46.9 Å². The van der Waals surface area contributed by atoms with Crippen LogP contribution in [0.15, 0.2) is 76.5 Å². The quantitative estimate of drug-likeness (QED) is 0.373. The fourth-order valence-electron chi connectivity index (χ4n) is 3.95. The predicted octanol–water partition coefficient (Wildman–Crippen LogP) is 4.65. The van der Waals surface area contributed by atoms with E-state index < -0.39 is 28.5 Å². The molecule has 0 spiro atoms. The van der Waals surface area contributed by atoms with Gasteiger partial charge in [-0.25, -0.2) is 8.42 Å². The van der Waals surface area contributed by atoms with Crippen molar-refractivity contribution in [2.24, 2.45) is 0 Å². The Morgan fingerprint density at radius 1 is 1.05 bits per heavy atom. The van der Waals surface area contributed by atoms with Crippen LogP contribution in [0.4, 0.5) is 5.69 Å². The molecule has 1 aliphatic rings. The molecule has 10 heteroatoms. The summed E-state index contributed by atoms with van der Waals surface area (Å²) in [4.78, 5) is 14.3. The zero-order valence-electron chi connectivity index (χ0n) is 21.0. The summed E-state index contributed by atoms with van der Waals surface area (Å²) in [5.41, 5.74) is 1.11. The van der Waals surface area contributed by atoms with Gasteiger partial charge in [0.2, 0.25) is 5.91 Å². The van der Waals surface area contributed by atoms with E-state index in [-0.39, 0.29) is 4.90 Å². The third kappa shape index (κ3) is 6.14. The van der Waals surface area contributed by atoms with Crippen LogP contribution in [0.3, 0.4) is 0 Å². The second kappa shape index (κ2) is 11.8. The summed E-state index contributed by atoms with van der Waals surface area (Å²) >= 11 is 1.52. The maximum Gasteiger partial charge on any atom is 0.264 e. The van der Waals surface area contributed by atoms with E-state index in [2.05, 4.69) is 5.32 Å². The summed E-state index contributed by atoms with van der Waals surface area (Å²) in [5, 5.41) is 2.91. The molecular weight excluding hydrogens is 512 g/mol. The first-order valence-corrected chi connectivity index (χ1v) is 14.6. The highest BCUT2D eigenvalue weighted by Gasteiger charge is 2.30. The number of amides is 1. The van der Waals surface area contributed by atoms with Gasteiger partial charge in [-0.15, -0.1) is 11.8 Å². The van der Waals surface area contributed by atoms with E-state index in [1.165, 1.54) is 11.8 Å². The zero-order chi connectivity index (χ0) is 26.4. The Kier molecular flexibility index (Phi) is 8.50. The number of ether oxygens (including phenoxy) is 3. The number of nitrogens with one attached hydrogen (secondary N) is 1. The summed E-state index contributed by atoms with van der Waals surface area (Å²) in [6, 6.07) is 18.5. The molecule has 37 heavy (non-hydrogen) atoms. The molecule has 1 N–H and O–H groups in total. The molecule has 3 aromatic rings. The van der Waals surface area contributed by atoms with Crippen LogP contribution >= 0.6 is 11.8 Å². The van der Waals surface area contributed by atoms with Crippen molar-refractivity contribution in [3.05, 3.63) is 72.3 Å². The van der Waals surface area contributed by atoms with Gasteiger partial charge >= 0.3 is 0 Å². The lowest BCUT2D eigenvalue weighted by atomic mass is 10.1. The van der Waals surface area contributed by atoms with Crippen LogP contribution in [0.5, 0.6) is 17.2 Å². The van der Waals surface area contributed by atoms with Gasteiger partial charge in [0.1, 0.15) is 25.5 Å². The Labute approximate surface area is 222 Å². The largest absolute Gasteiger partial charge is 0.492 e. The highest BCUT2D eigenvalue weighted by atomic mass is 32.2. The van der Waals surface area contributed by atoms with Gasteiger partial charge in [-0.1, -0.05) is 18.2 Å². The van der Waals surface area contributed by atoms with E-state index in [9.17, 15) is 13.2 Å². The maximum atomic E-state index is 13.8. The second-order valence-corrected chi connectivity index (χ2v) is 11.0. The maximum absolute atomic E-state index is 13.8. The average Bonchev–Trinajstić information content (AvgIpc) is 2.92. The van der Waals surface area contributed by atoms with Gasteiger partial charge < -0.3 is 19.5 Å². The molecule has 196 valence electrons. The molecule has 0 aliphatic carbocycles. The molecule has 8 nitrogen and oxygen atoms in total. The number of thioether (sulfide) groups is 1. The number of anilines is 1. The smallest absolute Gasteiger partial charge is 0.264 e. The van der Waals surface area contributed by atoms with Gasteiger partial charge in [0.15, 0.2) is 11.5 Å². The lowest BCUT2D eigenvalue weighted by Crippen LogP contribution is -2.41. The van der Waals surface area contributed by atoms with Crippen molar-refractivity contribution in [2.45, 2.75) is 29.7 Å². The third-order valence-corrected chi connectivity index (χ3v) is 8.33. The first-order chi connectivity index (χ1) is 17.8. The molecule has 1 heterocycles. The monoisotopic (exact) mass is 542 g/mol. The zero-order valence-corrected chi connectivity index (χ0v) is 22.6. The first-order valence-electron chi connectivity index (χ1n) is 11.9. The molecule has 1 aliphatic heterocycles. The van der Waals surface area contributed by atoms with E-state index in [0.717, 1.165) is 14.8 Å². The van der Waals surface area contributed by atoms with Gasteiger partial charge in [0.05, 0.1) is 23.2 Å². The first kappa shape index (κ1) is 26.7. The van der Waals surface area contributed by atoms with E-state index in [0.29, 0.717) is 42.8 Å². The molecular formula is C27H30N2O6S2. The summed E-state index contributed by atoms with van der Waals surface area (Å²) in [5.74, 6) is 1.19. The minimum Gasteiger partial charge on any atom is -0.492 e. The molecule has 0 saturated heterocycles. The van der Waals surface area contributed by atoms with Crippen LogP contribution in [0.2, 0.25) is 0 Å². The molecule has 4 rings (SSSR count). The predicted molar refractivity (Wildman–Crippen MR) is 144 cm³/mol. The Hall–Kier alpha value is -3.37. The molecule has 1 atom stereocenters. The summed E-state index contributed by atoms with van der Waals surface area (Å²) in [6.07, 6.45) is 1.92. The lowest BCUT2D eigenvalue weighted by Gasteiger charge is -2.27. The van der Waals surface area contributed by atoms with Crippen LogP contribution in [0.1, 0.15) is 25.5 Å². The fraction of sp³-hybridized carbons (Fsp3) is 0.296. The molecule has 0 bridgehead atoms. The Morgan fingerprint density at radius 3 is 2.46 bits per heavy atom. The van der Waals surface area contributed by atoms with Crippen LogP contribution in [0.25, 0.3) is 0 Å². The molecule has 0 fully saturated rings. The third-order valence-electron chi connectivity index (χ3n) is 5.81. The van der Waals surface area contributed by atoms with Crippen LogP contribution < -0.4 is 23.8 Å². The SMILES string of the molecule is CCOc1ccccc1N(CC(=O)N[C@@H](C)c1ccc2c(c1)OCCO2)S(=O)(=O)c1ccc(SC)cc1. The minimum atomic E-state index is -4.08. The van der Waals surface area contributed by atoms with Crippen molar-refractivity contribution in [1.29, 1.82) is 0 Å². The van der Waals surface area contributed by atoms with Gasteiger partial charge in [-0.05, 0) is 74.2 Å². The van der Waals surface area contributed by atoms with Crippen molar-refractivity contribution in [1.82, 2.24) is 5.32 Å². The topological polar surface area (TPSA) is 94.2 Å². The van der Waals surface area contributed by atoms with E-state index >= 15 is 0 Å². The fourth-order valence-corrected chi connectivity index (χ4v) is 5.79. The number of hydrogen-bond acceptors (Lipinski definition) is 7. The molecule has 0 radical (unpaired) electrons. The second-order valence-electron chi connectivity index (χ2n) is 8.28. The highest BCUT2D eigenvalue weighted by Crippen LogP contribution is 2.34. The summed E-state index contributed by atoms with van der Waals surface area (Å²) in [7, 11) is -4.08. The van der Waals surface area contributed by atoms with Crippen molar-refractivity contribution in [2.75, 3.05) is 36.9 Å². The average molecular weight is 543 g/mol. The number of para-hydroxylation sites is 2. The number of carbonyl (C=O) groups excluding carboxylic acids is 1. The standard InChI is InChI=1S/C27H30N2O6S2/c1-4-33-24-8-6-5-7-23(24)29(37(31,32)22-12-10-21(36-3)11-13-22)18-27(30)28-19(2)20-9-14-25-26(17-20)35-16-15-34-25/h5-14,17,19H,4,15-16,18H2,1-3H3,(H,28,30)/t19-/m0/s1. The van der Waals surface area contributed by atoms with E-state index in [1.54, 1.807) is 54.6 Å². The number of rotatable bonds is 10. The number of hydrogen-bond donors (Lipinski definition) is 1. The van der Waals surface area contributed by atoms with Crippen molar-refractivity contribution >= 4 is 33.4 Å². The molecule has 0 aromatic heterocycles. The Balaban J connectivity index is 1.62. The minimum absolute atomic E-state index is 0.0873. The number of fused-ring (bicyclic) bond motifs is 1. The summed E-state index contributed by atoms with van der Waals surface area (Å²) in [6.45, 7) is 4.52. The molecule has 0 saturated carbocycles. The number of benzene rings is 3. The Morgan fingerprint density at radius 2 is 1.76 bits per heavy atom. The van der Waals surface area contributed by atoms with Gasteiger partial charge in [-0.3, -0.25) is 9.10 Å². The van der Waals surface area contributed by atoms with Crippen molar-refractivity contribution < 1.29 is 27.4 Å². The molecule has 1 amide bonds. The number of carbonyl (C=O) groups is 1. The Bertz CT molecular complexity index is 1350. The van der Waals surface area contributed by atoms with Crippen LogP contribution in [0, 0.1) is 0 Å². The molecule has 0 unspecified atom stereocenters. The van der Waals surface area contributed by atoms with Crippen molar-refractivity contribution in [3.8, 4) is 17.2 Å². The summed E-state index contributed by atoms with van der Waals surface area (Å²) < 4.78 is 45.6. The van der Waals surface area contributed by atoms with E-state index in [1.807, 2.05) is 32.2 Å². The highest BCUT2D eigenvalue weighted by molar-refractivity contribution is 7.98. The van der Waals surface area contributed by atoms with Gasteiger partial charge in [-0.2, -0.15) is 0 Å². The molecule has 3 aromatic carbocycles.